The predicted molar refractivity (Wildman–Crippen MR) is 149 cm³/mol. The quantitative estimate of drug-likeness (QED) is 0.398. The van der Waals surface area contributed by atoms with Crippen LogP contribution in [0.5, 0.6) is 17.2 Å². The second-order valence-electron chi connectivity index (χ2n) is 10.7. The molecule has 7 heteroatoms. The maximum absolute atomic E-state index is 13.9. The van der Waals surface area contributed by atoms with Gasteiger partial charge in [-0.1, -0.05) is 36.8 Å². The third-order valence-electron chi connectivity index (χ3n) is 8.29. The smallest absolute Gasteiger partial charge is 0.315 e. The van der Waals surface area contributed by atoms with Crippen LogP contribution in [0.25, 0.3) is 0 Å². The van der Waals surface area contributed by atoms with Gasteiger partial charge in [0, 0.05) is 29.3 Å². The number of Topliss-reactive ketones (excluding diaryl/α,β-unsaturated/α-hetero) is 1. The first-order chi connectivity index (χ1) is 18.9. The summed E-state index contributed by atoms with van der Waals surface area (Å²) in [5.74, 6) is -0.155. The number of ether oxygens (including phenoxy) is 4. The molecule has 0 N–H and O–H groups in total. The summed E-state index contributed by atoms with van der Waals surface area (Å²) >= 11 is 0. The highest BCUT2D eigenvalue weighted by atomic mass is 16.5. The predicted octanol–water partition coefficient (Wildman–Crippen LogP) is 6.16. The van der Waals surface area contributed by atoms with E-state index in [0.717, 1.165) is 42.5 Å². The van der Waals surface area contributed by atoms with Gasteiger partial charge in [-0.15, -0.1) is 0 Å². The Hall–Kier alpha value is -3.61. The molecule has 1 fully saturated rings. The second kappa shape index (κ2) is 11.6. The average Bonchev–Trinajstić information content (AvgIpc) is 2.96. The topological polar surface area (TPSA) is 83.4 Å². The van der Waals surface area contributed by atoms with Crippen LogP contribution in [0.1, 0.15) is 74.8 Å². The number of aliphatic imine (C=N–C) groups is 1. The minimum absolute atomic E-state index is 0.00979. The maximum atomic E-state index is 13.9. The first-order valence-electron chi connectivity index (χ1n) is 13.8. The SMILES string of the molecule is COc1cc(C2C3=C(CC(c4ccccc4)CC3=O)N=C(C)C2C(=O)OC2CCCCC2)cc(OC)c1OC. The molecule has 39 heavy (non-hydrogen) atoms. The van der Waals surface area contributed by atoms with Crippen LogP contribution in [0.3, 0.4) is 0 Å². The van der Waals surface area contributed by atoms with Crippen molar-refractivity contribution in [3.8, 4) is 17.2 Å². The van der Waals surface area contributed by atoms with Crippen LogP contribution in [0.2, 0.25) is 0 Å². The summed E-state index contributed by atoms with van der Waals surface area (Å²) in [6, 6.07) is 13.8. The van der Waals surface area contributed by atoms with Gasteiger partial charge in [-0.2, -0.15) is 0 Å². The van der Waals surface area contributed by atoms with Crippen LogP contribution in [0.15, 0.2) is 58.7 Å². The van der Waals surface area contributed by atoms with E-state index < -0.39 is 11.8 Å². The standard InChI is InChI=1S/C32H37NO6/c1-19-28(32(35)39-23-13-9-6-10-14-23)29(22-17-26(36-2)31(38-4)27(18-22)37-3)30-24(33-19)15-21(16-25(30)34)20-11-7-5-8-12-20/h5,7-8,11-12,17-18,21,23,28-29H,6,9-10,13-16H2,1-4H3. The van der Waals surface area contributed by atoms with Crippen LogP contribution in [-0.2, 0) is 14.3 Å². The van der Waals surface area contributed by atoms with E-state index >= 15 is 0 Å². The number of allylic oxidation sites excluding steroid dienone is 2. The summed E-state index contributed by atoms with van der Waals surface area (Å²) in [7, 11) is 4.67. The van der Waals surface area contributed by atoms with Gasteiger partial charge in [0.15, 0.2) is 17.3 Å². The fourth-order valence-electron chi connectivity index (χ4n) is 6.39. The first-order valence-corrected chi connectivity index (χ1v) is 13.8. The Morgan fingerprint density at radius 3 is 2.15 bits per heavy atom. The van der Waals surface area contributed by atoms with Gasteiger partial charge in [-0.25, -0.2) is 0 Å². The summed E-state index contributed by atoms with van der Waals surface area (Å²) in [5.41, 5.74) is 3.86. The lowest BCUT2D eigenvalue weighted by atomic mass is 9.69. The van der Waals surface area contributed by atoms with Gasteiger partial charge >= 0.3 is 5.97 Å². The lowest BCUT2D eigenvalue weighted by Gasteiger charge is -2.37. The summed E-state index contributed by atoms with van der Waals surface area (Å²) in [5, 5.41) is 0. The molecule has 206 valence electrons. The third-order valence-corrected chi connectivity index (χ3v) is 8.29. The van der Waals surface area contributed by atoms with E-state index in [1.807, 2.05) is 37.3 Å². The lowest BCUT2D eigenvalue weighted by Crippen LogP contribution is -2.39. The number of rotatable bonds is 7. The number of benzene rings is 2. The molecule has 0 radical (unpaired) electrons. The summed E-state index contributed by atoms with van der Waals surface area (Å²) in [6.07, 6.45) is 5.92. The van der Waals surface area contributed by atoms with Crippen molar-refractivity contribution >= 4 is 17.5 Å². The Balaban J connectivity index is 1.60. The Labute approximate surface area is 230 Å². The molecule has 1 saturated carbocycles. The molecule has 7 nitrogen and oxygen atoms in total. The van der Waals surface area contributed by atoms with Gasteiger partial charge in [0.05, 0.1) is 21.3 Å². The molecular weight excluding hydrogens is 494 g/mol. The van der Waals surface area contributed by atoms with Crippen molar-refractivity contribution in [1.29, 1.82) is 0 Å². The van der Waals surface area contributed by atoms with Gasteiger partial charge < -0.3 is 18.9 Å². The molecule has 2 aliphatic carbocycles. The maximum Gasteiger partial charge on any atom is 0.315 e. The minimum atomic E-state index is -0.717. The molecule has 3 aliphatic rings. The average molecular weight is 532 g/mol. The number of carbonyl (C=O) groups is 2. The van der Waals surface area contributed by atoms with Crippen molar-refractivity contribution < 1.29 is 28.5 Å². The number of esters is 1. The van der Waals surface area contributed by atoms with Crippen LogP contribution in [0.4, 0.5) is 0 Å². The number of ketones is 1. The highest BCUT2D eigenvalue weighted by molar-refractivity contribution is 6.09. The van der Waals surface area contributed by atoms with E-state index in [1.54, 1.807) is 21.3 Å². The molecule has 0 spiro atoms. The van der Waals surface area contributed by atoms with E-state index in [0.29, 0.717) is 41.4 Å². The van der Waals surface area contributed by atoms with E-state index in [4.69, 9.17) is 23.9 Å². The van der Waals surface area contributed by atoms with Gasteiger partial charge in [-0.05, 0) is 68.2 Å². The van der Waals surface area contributed by atoms with Gasteiger partial charge in [0.1, 0.15) is 12.0 Å². The minimum Gasteiger partial charge on any atom is -0.493 e. The van der Waals surface area contributed by atoms with Crippen molar-refractivity contribution in [2.24, 2.45) is 10.9 Å². The zero-order valence-corrected chi connectivity index (χ0v) is 23.2. The van der Waals surface area contributed by atoms with E-state index in [-0.39, 0.29) is 23.8 Å². The van der Waals surface area contributed by atoms with Gasteiger partial charge in [0.2, 0.25) is 5.75 Å². The van der Waals surface area contributed by atoms with Crippen molar-refractivity contribution in [3.63, 3.8) is 0 Å². The number of methoxy groups -OCH3 is 3. The Morgan fingerprint density at radius 2 is 1.54 bits per heavy atom. The highest BCUT2D eigenvalue weighted by Crippen LogP contribution is 2.50. The molecule has 1 aliphatic heterocycles. The van der Waals surface area contributed by atoms with E-state index in [9.17, 15) is 9.59 Å². The summed E-state index contributed by atoms with van der Waals surface area (Å²) in [4.78, 5) is 32.7. The van der Waals surface area contributed by atoms with Crippen LogP contribution < -0.4 is 14.2 Å². The van der Waals surface area contributed by atoms with Crippen LogP contribution >= 0.6 is 0 Å². The Bertz CT molecular complexity index is 1270. The Morgan fingerprint density at radius 1 is 0.872 bits per heavy atom. The summed E-state index contributed by atoms with van der Waals surface area (Å²) < 4.78 is 22.9. The fraction of sp³-hybridized carbons (Fsp3) is 0.469. The molecule has 3 atom stereocenters. The monoisotopic (exact) mass is 531 g/mol. The van der Waals surface area contributed by atoms with Crippen LogP contribution in [-0.4, -0.2) is 44.9 Å². The van der Waals surface area contributed by atoms with Crippen molar-refractivity contribution in [3.05, 3.63) is 64.9 Å². The molecule has 3 unspecified atom stereocenters. The molecule has 0 bridgehead atoms. The number of hydrogen-bond acceptors (Lipinski definition) is 7. The number of carbonyl (C=O) groups excluding carboxylic acids is 2. The highest BCUT2D eigenvalue weighted by Gasteiger charge is 2.45. The zero-order valence-electron chi connectivity index (χ0n) is 23.2. The lowest BCUT2D eigenvalue weighted by molar-refractivity contribution is -0.153. The van der Waals surface area contributed by atoms with Crippen LogP contribution in [0, 0.1) is 5.92 Å². The largest absolute Gasteiger partial charge is 0.493 e. The van der Waals surface area contributed by atoms with E-state index in [1.165, 1.54) is 6.42 Å². The molecule has 0 saturated heterocycles. The first kappa shape index (κ1) is 27.0. The second-order valence-corrected chi connectivity index (χ2v) is 10.7. The normalized spacial score (nSPS) is 23.5. The third kappa shape index (κ3) is 5.32. The van der Waals surface area contributed by atoms with E-state index in [2.05, 4.69) is 12.1 Å². The van der Waals surface area contributed by atoms with Gasteiger partial charge in [-0.3, -0.25) is 14.6 Å². The van der Waals surface area contributed by atoms with Gasteiger partial charge in [0.25, 0.3) is 0 Å². The number of hydrogen-bond donors (Lipinski definition) is 0. The molecule has 0 amide bonds. The fourth-order valence-corrected chi connectivity index (χ4v) is 6.39. The van der Waals surface area contributed by atoms with Crippen molar-refractivity contribution in [1.82, 2.24) is 0 Å². The molecule has 2 aromatic rings. The molecule has 0 aromatic heterocycles. The molecule has 1 heterocycles. The molecule has 5 rings (SSSR count). The molecular formula is C32H37NO6. The van der Waals surface area contributed by atoms with Crippen molar-refractivity contribution in [2.75, 3.05) is 21.3 Å². The van der Waals surface area contributed by atoms with Crippen molar-refractivity contribution in [2.45, 2.75) is 69.8 Å². The Kier molecular flexibility index (Phi) is 8.05. The number of nitrogens with zero attached hydrogens (tertiary/aromatic N) is 1. The summed E-state index contributed by atoms with van der Waals surface area (Å²) in [6.45, 7) is 1.87. The molecule has 2 aromatic carbocycles. The zero-order chi connectivity index (χ0) is 27.5.